The summed E-state index contributed by atoms with van der Waals surface area (Å²) < 4.78 is 61.5. The lowest BCUT2D eigenvalue weighted by Crippen LogP contribution is -2.03. The second kappa shape index (κ2) is 15.0. The van der Waals surface area contributed by atoms with Crippen LogP contribution in [0.1, 0.15) is 13.8 Å². The Bertz CT molecular complexity index is 2090. The summed E-state index contributed by atoms with van der Waals surface area (Å²) in [5.74, 6) is 0.971. The van der Waals surface area contributed by atoms with Crippen molar-refractivity contribution in [3.8, 4) is 50.5 Å². The predicted octanol–water partition coefficient (Wildman–Crippen LogP) is 9.94. The first-order valence-corrected chi connectivity index (χ1v) is 19.3. The molecule has 0 fully saturated rings. The number of aromatic nitrogens is 4. The van der Waals surface area contributed by atoms with E-state index in [1.807, 2.05) is 48.5 Å². The highest BCUT2D eigenvalue weighted by Gasteiger charge is 2.31. The molecule has 0 aliphatic carbocycles. The molecule has 1 unspecified atom stereocenters. The van der Waals surface area contributed by atoms with E-state index >= 15 is 0 Å². The Morgan fingerprint density at radius 1 is 0.750 bits per heavy atom. The van der Waals surface area contributed by atoms with Crippen molar-refractivity contribution in [2.75, 3.05) is 20.3 Å². The van der Waals surface area contributed by atoms with Crippen molar-refractivity contribution in [1.82, 2.24) is 19.7 Å². The molecule has 0 aliphatic rings. The minimum atomic E-state index is -3.94. The minimum absolute atomic E-state index is 0.118. The van der Waals surface area contributed by atoms with E-state index in [-0.39, 0.29) is 30.5 Å². The van der Waals surface area contributed by atoms with Crippen molar-refractivity contribution in [3.05, 3.63) is 97.1 Å². The largest absolute Gasteiger partial charge is 0.539 e. The van der Waals surface area contributed by atoms with E-state index < -0.39 is 15.6 Å². The van der Waals surface area contributed by atoms with E-state index in [1.54, 1.807) is 78.4 Å². The molecular formula is C32H29IN4O8P2S. The average Bonchev–Trinajstić information content (AvgIpc) is 3.74. The second-order valence-corrected chi connectivity index (χ2v) is 15.2. The third-order valence-electron chi connectivity index (χ3n) is 6.82. The number of rotatable bonds is 14. The van der Waals surface area contributed by atoms with Crippen LogP contribution in [0.15, 0.2) is 97.1 Å². The molecule has 0 saturated heterocycles. The Morgan fingerprint density at radius 2 is 1.35 bits per heavy atom. The van der Waals surface area contributed by atoms with Gasteiger partial charge in [-0.2, -0.15) is 0 Å². The van der Waals surface area contributed by atoms with Crippen LogP contribution in [-0.2, 0) is 25.6 Å². The lowest BCUT2D eigenvalue weighted by molar-refractivity contribution is 0.167. The molecule has 2 aromatic heterocycles. The molecule has 4 aromatic carbocycles. The monoisotopic (exact) mass is 818 g/mol. The number of thiazole rings is 1. The van der Waals surface area contributed by atoms with Gasteiger partial charge in [-0.3, -0.25) is 13.6 Å². The molecule has 0 spiro atoms. The summed E-state index contributed by atoms with van der Waals surface area (Å²) in [6, 6.07) is 29.5. The fourth-order valence-electron chi connectivity index (χ4n) is 4.71. The molecule has 48 heavy (non-hydrogen) atoms. The van der Waals surface area contributed by atoms with Crippen molar-refractivity contribution in [3.63, 3.8) is 0 Å². The molecule has 0 bridgehead atoms. The van der Waals surface area contributed by atoms with E-state index in [4.69, 9.17) is 40.5 Å². The Hall–Kier alpha value is -3.46. The number of hydrogen-bond acceptors (Lipinski definition) is 12. The van der Waals surface area contributed by atoms with E-state index in [9.17, 15) is 9.13 Å². The molecule has 0 saturated carbocycles. The van der Waals surface area contributed by atoms with Gasteiger partial charge in [-0.05, 0) is 74.5 Å². The van der Waals surface area contributed by atoms with Crippen LogP contribution in [0.2, 0.25) is 0 Å². The lowest BCUT2D eigenvalue weighted by atomic mass is 10.1. The van der Waals surface area contributed by atoms with Crippen LogP contribution in [0.4, 0.5) is 0 Å². The van der Waals surface area contributed by atoms with Crippen molar-refractivity contribution < 1.29 is 34.6 Å². The van der Waals surface area contributed by atoms with Gasteiger partial charge in [-0.15, -0.1) is 16.4 Å². The van der Waals surface area contributed by atoms with Gasteiger partial charge in [0, 0.05) is 12.7 Å². The highest BCUT2D eigenvalue weighted by Crippen LogP contribution is 2.53. The van der Waals surface area contributed by atoms with Crippen LogP contribution in [0.3, 0.4) is 0 Å². The lowest BCUT2D eigenvalue weighted by Gasteiger charge is -2.18. The van der Waals surface area contributed by atoms with E-state index in [0.29, 0.717) is 22.6 Å². The molecule has 0 amide bonds. The summed E-state index contributed by atoms with van der Waals surface area (Å²) in [6.07, 6.45) is 0. The van der Waals surface area contributed by atoms with Crippen molar-refractivity contribution in [2.45, 2.75) is 13.8 Å². The van der Waals surface area contributed by atoms with E-state index in [0.717, 1.165) is 20.8 Å². The maximum absolute atomic E-state index is 13.3. The first-order chi connectivity index (χ1) is 23.3. The summed E-state index contributed by atoms with van der Waals surface area (Å²) >= 11 is 3.08. The molecule has 6 rings (SSSR count). The fraction of sp³-hybridized carbons (Fsp3) is 0.156. The normalized spacial score (nSPS) is 13.0. The molecular weight excluding hydrogens is 789 g/mol. The van der Waals surface area contributed by atoms with Crippen LogP contribution < -0.4 is 9.05 Å². The van der Waals surface area contributed by atoms with Gasteiger partial charge in [0.25, 0.3) is 0 Å². The molecule has 0 N–H and O–H groups in total. The number of benzene rings is 4. The third kappa shape index (κ3) is 7.41. The van der Waals surface area contributed by atoms with Gasteiger partial charge in [0.1, 0.15) is 39.5 Å². The quantitative estimate of drug-likeness (QED) is 0.0768. The summed E-state index contributed by atoms with van der Waals surface area (Å²) in [5.41, 5.74) is 3.41. The molecule has 6 aromatic rings. The average molecular weight is 819 g/mol. The van der Waals surface area contributed by atoms with Crippen LogP contribution in [0.5, 0.6) is 11.5 Å². The summed E-state index contributed by atoms with van der Waals surface area (Å²) in [4.78, 5) is 9.68. The SMILES string of the molecule is CCOP(=O)(OCC)Oc1ccccc1-c1nc(-c2ccccc2OP(=O)(OC)OI)n(-c2ccc(-c3nc4ccccc4s3)cc2)n1. The maximum Gasteiger partial charge on any atom is 0.539 e. The van der Waals surface area contributed by atoms with Crippen LogP contribution >= 0.6 is 50.0 Å². The van der Waals surface area contributed by atoms with Gasteiger partial charge in [0.2, 0.25) is 0 Å². The van der Waals surface area contributed by atoms with Gasteiger partial charge in [-0.1, -0.05) is 36.4 Å². The van der Waals surface area contributed by atoms with Gasteiger partial charge < -0.3 is 9.05 Å². The van der Waals surface area contributed by atoms with Crippen LogP contribution in [0, 0.1) is 0 Å². The van der Waals surface area contributed by atoms with Crippen molar-refractivity contribution in [2.24, 2.45) is 0 Å². The van der Waals surface area contributed by atoms with Crippen molar-refractivity contribution in [1.29, 1.82) is 0 Å². The topological polar surface area (TPSA) is 133 Å². The highest BCUT2D eigenvalue weighted by atomic mass is 127. The predicted molar refractivity (Wildman–Crippen MR) is 193 cm³/mol. The van der Waals surface area contributed by atoms with Gasteiger partial charge in [0.15, 0.2) is 11.6 Å². The summed E-state index contributed by atoms with van der Waals surface area (Å²) in [6.45, 7) is 3.63. The fourth-order valence-corrected chi connectivity index (χ4v) is 8.18. The maximum atomic E-state index is 13.3. The summed E-state index contributed by atoms with van der Waals surface area (Å²) in [5, 5.41) is 5.76. The van der Waals surface area contributed by atoms with Gasteiger partial charge >= 0.3 is 15.6 Å². The zero-order valence-electron chi connectivity index (χ0n) is 25.9. The highest BCUT2D eigenvalue weighted by molar-refractivity contribution is 14.1. The van der Waals surface area contributed by atoms with Crippen LogP contribution in [0.25, 0.3) is 49.3 Å². The molecule has 1 atom stereocenters. The molecule has 0 radical (unpaired) electrons. The molecule has 0 aliphatic heterocycles. The number of halogens is 1. The Morgan fingerprint density at radius 3 is 2.00 bits per heavy atom. The molecule has 248 valence electrons. The first kappa shape index (κ1) is 34.4. The third-order valence-corrected chi connectivity index (χ3v) is 12.0. The second-order valence-electron chi connectivity index (χ2n) is 9.86. The summed E-state index contributed by atoms with van der Waals surface area (Å²) in [7, 11) is -6.65. The Labute approximate surface area is 294 Å². The number of phosphoric ester groups is 2. The Kier molecular flexibility index (Phi) is 10.7. The number of nitrogens with zero attached hydrogens (tertiary/aromatic N) is 4. The molecule has 2 heterocycles. The number of fused-ring (bicyclic) bond motifs is 1. The number of hydrogen-bond donors (Lipinski definition) is 0. The zero-order chi connectivity index (χ0) is 33.7. The number of phosphoric acid groups is 2. The number of para-hydroxylation sites is 3. The molecule has 12 nitrogen and oxygen atoms in total. The zero-order valence-corrected chi connectivity index (χ0v) is 30.7. The first-order valence-electron chi connectivity index (χ1n) is 14.6. The Balaban J connectivity index is 1.48. The smallest absolute Gasteiger partial charge is 0.403 e. The van der Waals surface area contributed by atoms with Crippen LogP contribution in [-0.4, -0.2) is 40.1 Å². The van der Waals surface area contributed by atoms with Gasteiger partial charge in [0.05, 0.1) is 40.2 Å². The van der Waals surface area contributed by atoms with Gasteiger partial charge in [-0.25, -0.2) is 26.6 Å². The molecule has 16 heteroatoms. The minimum Gasteiger partial charge on any atom is -0.403 e. The van der Waals surface area contributed by atoms with E-state index in [2.05, 4.69) is 0 Å². The van der Waals surface area contributed by atoms with Crippen molar-refractivity contribution >= 4 is 60.2 Å². The standard InChI is InChI=1S/C32H29IN4O8P2S/c1-4-41-47(39,42-5-2)44-27-15-9-6-12-24(27)30-35-31(25-13-7-10-16-28(25)43-46(38,40-3)45-33)37(36-30)23-20-18-22(19-21-23)32-34-26-14-8-11-17-29(26)48-32/h6-21H,4-5H2,1-3H3. The van der Waals surface area contributed by atoms with E-state index in [1.165, 1.54) is 30.1 Å².